The molecule has 2 atom stereocenters. The Hall–Kier alpha value is -0.913. The van der Waals surface area contributed by atoms with E-state index >= 15 is 0 Å². The topological polar surface area (TPSA) is 55.8 Å². The summed E-state index contributed by atoms with van der Waals surface area (Å²) in [5, 5.41) is 10.3. The molecule has 0 aromatic rings. The van der Waals surface area contributed by atoms with Gasteiger partial charge in [-0.1, -0.05) is 64.8 Å². The number of hydrogen-bond donors (Lipinski definition) is 1. The highest BCUT2D eigenvalue weighted by molar-refractivity contribution is 6.74. The molecule has 0 bridgehead atoms. The van der Waals surface area contributed by atoms with E-state index in [9.17, 15) is 9.90 Å². The molecule has 0 radical (unpaired) electrons. The minimum Gasteiger partial charge on any atom is -0.469 e. The summed E-state index contributed by atoms with van der Waals surface area (Å²) in [6.45, 7) is 13.2. The largest absolute Gasteiger partial charge is 0.469 e. The number of carbonyl (C=O) groups is 1. The van der Waals surface area contributed by atoms with Gasteiger partial charge in [-0.2, -0.15) is 0 Å². The van der Waals surface area contributed by atoms with Gasteiger partial charge in [0.2, 0.25) is 0 Å². The smallest absolute Gasteiger partial charge is 0.308 e. The van der Waals surface area contributed by atoms with Crippen LogP contribution in [0.2, 0.25) is 18.1 Å². The van der Waals surface area contributed by atoms with Gasteiger partial charge in [0.05, 0.1) is 25.7 Å². The molecular weight excluding hydrogens is 344 g/mol. The Kier molecular flexibility index (Phi) is 12.0. The molecule has 4 nitrogen and oxygen atoms in total. The molecule has 152 valence electrons. The van der Waals surface area contributed by atoms with Gasteiger partial charge in [0.25, 0.3) is 0 Å². The van der Waals surface area contributed by atoms with Crippen molar-refractivity contribution in [2.45, 2.75) is 96.6 Å². The molecule has 0 aromatic carbocycles. The van der Waals surface area contributed by atoms with E-state index in [1.54, 1.807) is 0 Å². The summed E-state index contributed by atoms with van der Waals surface area (Å²) in [6.07, 6.45) is 12.4. The minimum atomic E-state index is -1.97. The van der Waals surface area contributed by atoms with Gasteiger partial charge >= 0.3 is 5.97 Å². The van der Waals surface area contributed by atoms with E-state index in [4.69, 9.17) is 4.43 Å². The summed E-state index contributed by atoms with van der Waals surface area (Å²) in [4.78, 5) is 11.4. The van der Waals surface area contributed by atoms with Gasteiger partial charge in [0, 0.05) is 6.42 Å². The van der Waals surface area contributed by atoms with Crippen LogP contribution in [-0.4, -0.2) is 38.7 Å². The highest BCUT2D eigenvalue weighted by Gasteiger charge is 2.39. The molecule has 0 rings (SSSR count). The molecule has 0 amide bonds. The maximum Gasteiger partial charge on any atom is 0.308 e. The van der Waals surface area contributed by atoms with Crippen LogP contribution in [0.25, 0.3) is 0 Å². The van der Waals surface area contributed by atoms with Crippen molar-refractivity contribution < 1.29 is 19.1 Å². The second-order valence-corrected chi connectivity index (χ2v) is 13.2. The molecule has 0 aliphatic rings. The first-order valence-corrected chi connectivity index (χ1v) is 12.7. The standard InChI is InChI=1S/C21H40O4Si/c1-8-9-10-11-12-13-14-15-19(16-18(22)17-20(23)24-5)25-26(6,7)21(2,3)4/h12-15,18-19,22H,8-11,16-17H2,1-7H3/b13-12+,15-14+/t18-,19-/m0/s1. The zero-order valence-corrected chi connectivity index (χ0v) is 18.9. The second kappa shape index (κ2) is 12.5. The predicted octanol–water partition coefficient (Wildman–Crippen LogP) is 5.38. The average Bonchev–Trinajstić information content (AvgIpc) is 2.52. The van der Waals surface area contributed by atoms with E-state index in [1.165, 1.54) is 26.4 Å². The van der Waals surface area contributed by atoms with E-state index in [0.717, 1.165) is 6.42 Å². The summed E-state index contributed by atoms with van der Waals surface area (Å²) in [5.74, 6) is -0.400. The average molecular weight is 385 g/mol. The van der Waals surface area contributed by atoms with Gasteiger partial charge in [0.15, 0.2) is 8.32 Å². The minimum absolute atomic E-state index is 0.00540. The van der Waals surface area contributed by atoms with Gasteiger partial charge in [0.1, 0.15) is 0 Å². The van der Waals surface area contributed by atoms with Crippen LogP contribution in [0.5, 0.6) is 0 Å². The van der Waals surface area contributed by atoms with E-state index in [-0.39, 0.29) is 17.6 Å². The molecule has 0 aromatic heterocycles. The van der Waals surface area contributed by atoms with Crippen LogP contribution >= 0.6 is 0 Å². The maximum absolute atomic E-state index is 11.4. The Morgan fingerprint density at radius 1 is 1.19 bits per heavy atom. The van der Waals surface area contributed by atoms with Crippen molar-refractivity contribution in [3.63, 3.8) is 0 Å². The number of esters is 1. The molecule has 26 heavy (non-hydrogen) atoms. The van der Waals surface area contributed by atoms with Crippen LogP contribution < -0.4 is 0 Å². The lowest BCUT2D eigenvalue weighted by Crippen LogP contribution is -2.44. The fraction of sp³-hybridized carbons (Fsp3) is 0.762. The predicted molar refractivity (Wildman–Crippen MR) is 112 cm³/mol. The zero-order chi connectivity index (χ0) is 20.2. The summed E-state index contributed by atoms with van der Waals surface area (Å²) in [7, 11) is -0.637. The molecule has 0 saturated heterocycles. The summed E-state index contributed by atoms with van der Waals surface area (Å²) < 4.78 is 11.1. The first-order chi connectivity index (χ1) is 12.0. The number of unbranched alkanes of at least 4 members (excludes halogenated alkanes) is 3. The molecule has 0 aliphatic carbocycles. The molecule has 0 heterocycles. The third kappa shape index (κ3) is 10.9. The molecule has 0 saturated carbocycles. The second-order valence-electron chi connectivity index (χ2n) is 8.40. The van der Waals surface area contributed by atoms with Crippen molar-refractivity contribution in [1.82, 2.24) is 0 Å². The molecular formula is C21H40O4Si. The van der Waals surface area contributed by atoms with Crippen LogP contribution in [0.3, 0.4) is 0 Å². The Morgan fingerprint density at radius 2 is 1.85 bits per heavy atom. The van der Waals surface area contributed by atoms with Crippen LogP contribution in [0, 0.1) is 0 Å². The van der Waals surface area contributed by atoms with Crippen LogP contribution in [0.15, 0.2) is 24.3 Å². The number of aliphatic hydroxyl groups is 1. The van der Waals surface area contributed by atoms with E-state index in [1.807, 2.05) is 18.2 Å². The number of hydrogen-bond acceptors (Lipinski definition) is 4. The summed E-state index contributed by atoms with van der Waals surface area (Å²) in [5.41, 5.74) is 0. The zero-order valence-electron chi connectivity index (χ0n) is 17.9. The first-order valence-electron chi connectivity index (χ1n) is 9.79. The Morgan fingerprint density at radius 3 is 2.38 bits per heavy atom. The Balaban J connectivity index is 4.90. The highest BCUT2D eigenvalue weighted by Crippen LogP contribution is 2.38. The third-order valence-electron chi connectivity index (χ3n) is 4.93. The van der Waals surface area contributed by atoms with Gasteiger partial charge in [-0.15, -0.1) is 0 Å². The SMILES string of the molecule is CCCCC/C=C/C=C/[C@@H](C[C@H](O)CC(=O)OC)O[Si](C)(C)C(C)(C)C. The lowest BCUT2D eigenvalue weighted by Gasteiger charge is -2.39. The van der Waals surface area contributed by atoms with Crippen LogP contribution in [0.4, 0.5) is 0 Å². The quantitative estimate of drug-likeness (QED) is 0.212. The van der Waals surface area contributed by atoms with Crippen LogP contribution in [0.1, 0.15) is 66.2 Å². The molecule has 0 fully saturated rings. The van der Waals surface area contributed by atoms with Crippen molar-refractivity contribution in [3.05, 3.63) is 24.3 Å². The van der Waals surface area contributed by atoms with E-state index in [2.05, 4.69) is 51.6 Å². The van der Waals surface area contributed by atoms with Crippen LogP contribution in [-0.2, 0) is 14.0 Å². The third-order valence-corrected chi connectivity index (χ3v) is 9.44. The molecule has 0 aliphatic heterocycles. The van der Waals surface area contributed by atoms with Crippen molar-refractivity contribution in [2.24, 2.45) is 0 Å². The molecule has 5 heteroatoms. The summed E-state index contributed by atoms with van der Waals surface area (Å²) >= 11 is 0. The van der Waals surface area contributed by atoms with E-state index in [0.29, 0.717) is 6.42 Å². The number of methoxy groups -OCH3 is 1. The lowest BCUT2D eigenvalue weighted by molar-refractivity contribution is -0.143. The fourth-order valence-corrected chi connectivity index (χ4v) is 3.51. The molecule has 0 unspecified atom stereocenters. The Labute approximate surface area is 161 Å². The lowest BCUT2D eigenvalue weighted by atomic mass is 10.1. The highest BCUT2D eigenvalue weighted by atomic mass is 28.4. The van der Waals surface area contributed by atoms with Gasteiger partial charge in [-0.05, 0) is 31.0 Å². The van der Waals surface area contributed by atoms with Crippen molar-refractivity contribution in [1.29, 1.82) is 0 Å². The number of allylic oxidation sites excluding steroid dienone is 3. The monoisotopic (exact) mass is 384 g/mol. The first kappa shape index (κ1) is 25.1. The van der Waals surface area contributed by atoms with Gasteiger partial charge < -0.3 is 14.3 Å². The van der Waals surface area contributed by atoms with Gasteiger partial charge in [-0.25, -0.2) is 0 Å². The van der Waals surface area contributed by atoms with E-state index < -0.39 is 20.4 Å². The Bertz CT molecular complexity index is 449. The number of ether oxygens (including phenoxy) is 1. The number of carbonyl (C=O) groups excluding carboxylic acids is 1. The number of aliphatic hydroxyl groups excluding tert-OH is 1. The maximum atomic E-state index is 11.4. The van der Waals surface area contributed by atoms with Crippen molar-refractivity contribution >= 4 is 14.3 Å². The van der Waals surface area contributed by atoms with Crippen molar-refractivity contribution in [3.8, 4) is 0 Å². The number of rotatable bonds is 12. The van der Waals surface area contributed by atoms with Gasteiger partial charge in [-0.3, -0.25) is 4.79 Å². The van der Waals surface area contributed by atoms with Crippen molar-refractivity contribution in [2.75, 3.05) is 7.11 Å². The summed E-state index contributed by atoms with van der Waals surface area (Å²) in [6, 6.07) is 0. The molecule has 1 N–H and O–H groups in total. The fourth-order valence-electron chi connectivity index (χ4n) is 2.22. The normalized spacial score (nSPS) is 15.5. The molecule has 0 spiro atoms.